The van der Waals surface area contributed by atoms with E-state index in [0.29, 0.717) is 28.0 Å². The summed E-state index contributed by atoms with van der Waals surface area (Å²) < 4.78 is 68.1. The molecule has 1 N–H and O–H groups in total. The van der Waals surface area contributed by atoms with Crippen LogP contribution in [0.25, 0.3) is 11.0 Å². The third kappa shape index (κ3) is 5.36. The molecule has 210 valence electrons. The van der Waals surface area contributed by atoms with E-state index >= 15 is 0 Å². The number of sulfone groups is 1. The minimum Gasteiger partial charge on any atom is -0.395 e. The highest BCUT2D eigenvalue weighted by molar-refractivity contribution is 7.91. The highest BCUT2D eigenvalue weighted by Crippen LogP contribution is 2.43. The van der Waals surface area contributed by atoms with E-state index in [4.69, 9.17) is 9.47 Å². The zero-order valence-electron chi connectivity index (χ0n) is 22.0. The number of fused-ring (bicyclic) bond motifs is 2. The number of hydrogen-bond acceptors (Lipinski definition) is 7. The van der Waals surface area contributed by atoms with Gasteiger partial charge in [-0.1, -0.05) is 31.2 Å². The fourth-order valence-electron chi connectivity index (χ4n) is 4.46. The number of carbonyl (C=O) groups is 1. The van der Waals surface area contributed by atoms with Crippen molar-refractivity contribution in [3.63, 3.8) is 0 Å². The highest BCUT2D eigenvalue weighted by atomic mass is 32.2. The number of amides is 1. The average Bonchev–Trinajstić information content (AvgIpc) is 3.47. The molecule has 12 heteroatoms. The molecule has 1 amide bonds. The molecule has 0 saturated carbocycles. The number of para-hydroxylation sites is 1. The van der Waals surface area contributed by atoms with E-state index < -0.39 is 22.2 Å². The summed E-state index contributed by atoms with van der Waals surface area (Å²) in [7, 11) is -1.76. The summed E-state index contributed by atoms with van der Waals surface area (Å²) in [5.74, 6) is 0.130. The molecule has 0 aliphatic carbocycles. The number of methoxy groups -OCH3 is 1. The van der Waals surface area contributed by atoms with E-state index in [1.165, 1.54) is 25.3 Å². The Morgan fingerprint density at radius 3 is 2.58 bits per heavy atom. The molecule has 1 aromatic heterocycles. The maximum atomic E-state index is 13.7. The Bertz CT molecular complexity index is 1690. The largest absolute Gasteiger partial charge is 0.586 e. The summed E-state index contributed by atoms with van der Waals surface area (Å²) in [6.45, 7) is 3.75. The molecule has 0 spiro atoms. The highest BCUT2D eigenvalue weighted by Gasteiger charge is 2.44. The van der Waals surface area contributed by atoms with Crippen molar-refractivity contribution >= 4 is 26.8 Å². The van der Waals surface area contributed by atoms with Gasteiger partial charge in [0.2, 0.25) is 0 Å². The minimum atomic E-state index is -3.74. The van der Waals surface area contributed by atoms with Crippen LogP contribution < -0.4 is 14.8 Å². The van der Waals surface area contributed by atoms with Crippen LogP contribution >= 0.6 is 0 Å². The molecule has 0 radical (unpaired) electrons. The summed E-state index contributed by atoms with van der Waals surface area (Å²) in [4.78, 5) is 17.8. The first-order valence-corrected chi connectivity index (χ1v) is 14.2. The van der Waals surface area contributed by atoms with Crippen molar-refractivity contribution in [3.05, 3.63) is 83.2 Å². The number of halogens is 2. The molecule has 0 fully saturated rings. The molecule has 9 nitrogen and oxygen atoms in total. The Morgan fingerprint density at radius 1 is 1.12 bits per heavy atom. The standard InChI is InChI=1S/C28H27F2N3O6S/c1-4-40(35,36)21-11-8-18(9-12-21)15-31-27(34)19-10-13-23-22(14-19)32-26(17(2)37-3)33(23)16-20-6-5-7-24-25(20)39-28(29,30)38-24/h5-14,17H,4,15-16H2,1-3H3,(H,31,34)/t17-/m0/s1. The van der Waals surface area contributed by atoms with Crippen molar-refractivity contribution in [1.29, 1.82) is 0 Å². The van der Waals surface area contributed by atoms with Gasteiger partial charge in [0.15, 0.2) is 21.3 Å². The molecule has 0 bridgehead atoms. The van der Waals surface area contributed by atoms with Gasteiger partial charge in [-0.3, -0.25) is 4.79 Å². The molecule has 3 aromatic carbocycles. The summed E-state index contributed by atoms with van der Waals surface area (Å²) in [6.07, 6.45) is -4.17. The lowest BCUT2D eigenvalue weighted by Crippen LogP contribution is -2.26. The third-order valence-corrected chi connectivity index (χ3v) is 8.46. The second-order valence-corrected chi connectivity index (χ2v) is 11.6. The molecule has 4 aromatic rings. The second kappa shape index (κ2) is 10.5. The Morgan fingerprint density at radius 2 is 1.88 bits per heavy atom. The van der Waals surface area contributed by atoms with Crippen LogP contribution in [-0.2, 0) is 27.7 Å². The Labute approximate surface area is 229 Å². The van der Waals surface area contributed by atoms with Gasteiger partial charge in [-0.25, -0.2) is 13.4 Å². The first-order valence-electron chi connectivity index (χ1n) is 12.5. The minimum absolute atomic E-state index is 0.0118. The first kappa shape index (κ1) is 27.5. The zero-order chi connectivity index (χ0) is 28.7. The van der Waals surface area contributed by atoms with Gasteiger partial charge in [-0.15, -0.1) is 8.78 Å². The van der Waals surface area contributed by atoms with Gasteiger partial charge >= 0.3 is 6.29 Å². The van der Waals surface area contributed by atoms with E-state index in [0.717, 1.165) is 5.56 Å². The molecule has 0 unspecified atom stereocenters. The fraction of sp³-hybridized carbons (Fsp3) is 0.286. The number of benzene rings is 3. The lowest BCUT2D eigenvalue weighted by molar-refractivity contribution is -0.286. The topological polar surface area (TPSA) is 109 Å². The molecule has 1 aliphatic heterocycles. The monoisotopic (exact) mass is 571 g/mol. The second-order valence-electron chi connectivity index (χ2n) is 9.28. The van der Waals surface area contributed by atoms with Crippen molar-refractivity contribution < 1.29 is 36.2 Å². The predicted molar refractivity (Wildman–Crippen MR) is 142 cm³/mol. The summed E-state index contributed by atoms with van der Waals surface area (Å²) in [6, 6.07) is 16.1. The van der Waals surface area contributed by atoms with Crippen LogP contribution in [-0.4, -0.2) is 43.0 Å². The number of imidazole rings is 1. The molecule has 1 atom stereocenters. The number of ether oxygens (including phenoxy) is 3. The predicted octanol–water partition coefficient (Wildman–Crippen LogP) is 4.84. The van der Waals surface area contributed by atoms with Crippen LogP contribution in [0.1, 0.15) is 47.3 Å². The Kier molecular flexibility index (Phi) is 7.23. The van der Waals surface area contributed by atoms with Crippen molar-refractivity contribution in [3.8, 4) is 11.5 Å². The number of hydrogen-bond donors (Lipinski definition) is 1. The molecule has 2 heterocycles. The molecule has 1 aliphatic rings. The maximum absolute atomic E-state index is 13.7. The van der Waals surface area contributed by atoms with Crippen LogP contribution in [0.4, 0.5) is 8.78 Å². The first-order chi connectivity index (χ1) is 19.0. The Balaban J connectivity index is 1.39. The normalized spacial score (nSPS) is 14.8. The van der Waals surface area contributed by atoms with Crippen molar-refractivity contribution in [2.75, 3.05) is 12.9 Å². The summed E-state index contributed by atoms with van der Waals surface area (Å²) in [5.41, 5.74) is 2.79. The van der Waals surface area contributed by atoms with Crippen LogP contribution in [0.5, 0.6) is 11.5 Å². The van der Waals surface area contributed by atoms with E-state index in [9.17, 15) is 22.0 Å². The van der Waals surface area contributed by atoms with E-state index in [-0.39, 0.29) is 41.1 Å². The number of alkyl halides is 2. The lowest BCUT2D eigenvalue weighted by atomic mass is 10.1. The van der Waals surface area contributed by atoms with Crippen LogP contribution in [0.2, 0.25) is 0 Å². The van der Waals surface area contributed by atoms with Crippen molar-refractivity contribution in [2.45, 2.75) is 44.2 Å². The molecule has 5 rings (SSSR count). The summed E-state index contributed by atoms with van der Waals surface area (Å²) in [5, 5.41) is 2.83. The van der Waals surface area contributed by atoms with Crippen LogP contribution in [0.3, 0.4) is 0 Å². The molecule has 40 heavy (non-hydrogen) atoms. The van der Waals surface area contributed by atoms with Crippen molar-refractivity contribution in [2.24, 2.45) is 0 Å². The maximum Gasteiger partial charge on any atom is 0.586 e. The van der Waals surface area contributed by atoms with E-state index in [2.05, 4.69) is 15.0 Å². The zero-order valence-corrected chi connectivity index (χ0v) is 22.8. The van der Waals surface area contributed by atoms with Gasteiger partial charge in [0, 0.05) is 24.8 Å². The van der Waals surface area contributed by atoms with Gasteiger partial charge in [-0.2, -0.15) is 0 Å². The molecular formula is C28H27F2N3O6S. The number of aromatic nitrogens is 2. The van der Waals surface area contributed by atoms with Crippen LogP contribution in [0, 0.1) is 0 Å². The lowest BCUT2D eigenvalue weighted by Gasteiger charge is -2.15. The van der Waals surface area contributed by atoms with Gasteiger partial charge in [0.1, 0.15) is 11.9 Å². The van der Waals surface area contributed by atoms with Crippen molar-refractivity contribution in [1.82, 2.24) is 14.9 Å². The fourth-order valence-corrected chi connectivity index (χ4v) is 5.34. The molecule has 0 saturated heterocycles. The third-order valence-electron chi connectivity index (χ3n) is 6.71. The van der Waals surface area contributed by atoms with Crippen LogP contribution in [0.15, 0.2) is 65.6 Å². The average molecular weight is 572 g/mol. The molecular weight excluding hydrogens is 544 g/mol. The van der Waals surface area contributed by atoms with Gasteiger partial charge in [0.25, 0.3) is 5.91 Å². The van der Waals surface area contributed by atoms with Gasteiger partial charge in [0.05, 0.1) is 28.2 Å². The number of nitrogens with zero attached hydrogens (tertiary/aromatic N) is 2. The SMILES string of the molecule is CCS(=O)(=O)c1ccc(CNC(=O)c2ccc3c(c2)nc([C@H](C)OC)n3Cc2cccc3c2OC(F)(F)O3)cc1. The number of carbonyl (C=O) groups excluding carboxylic acids is 1. The van der Waals surface area contributed by atoms with Gasteiger partial charge < -0.3 is 24.1 Å². The number of rotatable bonds is 9. The Hall–Kier alpha value is -4.03. The van der Waals surface area contributed by atoms with E-state index in [1.54, 1.807) is 49.4 Å². The van der Waals surface area contributed by atoms with E-state index in [1.807, 2.05) is 11.5 Å². The number of nitrogens with one attached hydrogen (secondary N) is 1. The van der Waals surface area contributed by atoms with Gasteiger partial charge in [-0.05, 0) is 48.9 Å². The quantitative estimate of drug-likeness (QED) is 0.306. The smallest absolute Gasteiger partial charge is 0.395 e. The summed E-state index contributed by atoms with van der Waals surface area (Å²) >= 11 is 0.